The number of anilines is 3. The quantitative estimate of drug-likeness (QED) is 0.432. The van der Waals surface area contributed by atoms with Crippen LogP contribution >= 0.6 is 0 Å². The van der Waals surface area contributed by atoms with Crippen molar-refractivity contribution in [1.82, 2.24) is 24.5 Å². The Morgan fingerprint density at radius 1 is 1.26 bits per heavy atom. The molecule has 3 N–H and O–H groups in total. The Labute approximate surface area is 223 Å². The lowest BCUT2D eigenvalue weighted by molar-refractivity contribution is 0.0587. The highest BCUT2D eigenvalue weighted by Gasteiger charge is 2.40. The molecule has 0 saturated heterocycles. The second-order valence-electron chi connectivity index (χ2n) is 11.0. The van der Waals surface area contributed by atoms with Gasteiger partial charge in [-0.25, -0.2) is 14.2 Å². The van der Waals surface area contributed by atoms with Gasteiger partial charge in [0.25, 0.3) is 11.5 Å². The number of carbonyl (C=O) groups is 2. The zero-order valence-corrected chi connectivity index (χ0v) is 22.2. The van der Waals surface area contributed by atoms with E-state index in [9.17, 15) is 23.9 Å². The van der Waals surface area contributed by atoms with Gasteiger partial charge >= 0.3 is 6.09 Å². The number of aromatic nitrogens is 4. The fraction of sp³-hybridized carbons (Fsp3) is 0.500. The molecule has 3 heterocycles. The van der Waals surface area contributed by atoms with Crippen LogP contribution < -0.4 is 21.1 Å². The minimum atomic E-state index is -1.06. The number of halogens is 1. The number of nitrogens with zero attached hydrogens (tertiary/aromatic N) is 5. The number of amides is 2. The maximum Gasteiger partial charge on any atom is 0.415 e. The fourth-order valence-corrected chi connectivity index (χ4v) is 4.63. The van der Waals surface area contributed by atoms with Gasteiger partial charge in [-0.3, -0.25) is 14.5 Å². The number of carbonyl (C=O) groups excluding carboxylic acids is 2. The largest absolute Gasteiger partial charge is 0.443 e. The summed E-state index contributed by atoms with van der Waals surface area (Å²) in [7, 11) is 1.50. The van der Waals surface area contributed by atoms with Gasteiger partial charge in [0.1, 0.15) is 34.7 Å². The molecule has 5 rings (SSSR count). The molecule has 3 aromatic rings. The van der Waals surface area contributed by atoms with Crippen molar-refractivity contribution in [2.45, 2.75) is 76.4 Å². The molecule has 0 aliphatic heterocycles. The lowest BCUT2D eigenvalue weighted by atomic mass is 10.2. The third-order valence-corrected chi connectivity index (χ3v) is 6.72. The Kier molecular flexibility index (Phi) is 6.79. The lowest BCUT2D eigenvalue weighted by Gasteiger charge is -2.25. The van der Waals surface area contributed by atoms with Crippen molar-refractivity contribution >= 4 is 35.0 Å². The zero-order valence-electron chi connectivity index (χ0n) is 22.2. The predicted molar refractivity (Wildman–Crippen MR) is 141 cm³/mol. The van der Waals surface area contributed by atoms with E-state index in [1.165, 1.54) is 39.5 Å². The second kappa shape index (κ2) is 9.95. The molecule has 13 heteroatoms. The molecule has 0 radical (unpaired) electrons. The molecule has 2 amide bonds. The summed E-state index contributed by atoms with van der Waals surface area (Å²) in [5.74, 6) is -0.0278. The van der Waals surface area contributed by atoms with Crippen LogP contribution in [0.25, 0.3) is 5.65 Å². The number of fused-ring (bicyclic) bond motifs is 1. The molecule has 2 aliphatic rings. The number of ether oxygens (including phenoxy) is 1. The Hall–Kier alpha value is -4.00. The van der Waals surface area contributed by atoms with Gasteiger partial charge in [0.2, 0.25) is 0 Å². The van der Waals surface area contributed by atoms with Crippen molar-refractivity contribution in [2.24, 2.45) is 0 Å². The lowest BCUT2D eigenvalue weighted by Crippen LogP contribution is -2.35. The van der Waals surface area contributed by atoms with Crippen molar-refractivity contribution in [2.75, 3.05) is 17.3 Å². The maximum atomic E-state index is 13.7. The Bertz CT molecular complexity index is 1480. The number of alkyl halides is 1. The van der Waals surface area contributed by atoms with Crippen molar-refractivity contribution in [3.05, 3.63) is 46.5 Å². The van der Waals surface area contributed by atoms with E-state index in [4.69, 9.17) is 4.74 Å². The summed E-state index contributed by atoms with van der Waals surface area (Å²) in [5, 5.41) is 20.0. The average molecular weight is 542 g/mol. The number of hydrogen-bond acceptors (Lipinski definition) is 8. The van der Waals surface area contributed by atoms with Gasteiger partial charge in [0, 0.05) is 31.8 Å². The van der Waals surface area contributed by atoms with Crippen molar-refractivity contribution in [1.29, 1.82) is 0 Å². The van der Waals surface area contributed by atoms with E-state index < -0.39 is 41.5 Å². The summed E-state index contributed by atoms with van der Waals surface area (Å²) in [6, 6.07) is 4.01. The van der Waals surface area contributed by atoms with Crippen LogP contribution in [0, 0.1) is 0 Å². The molecule has 208 valence electrons. The minimum absolute atomic E-state index is 0.142. The van der Waals surface area contributed by atoms with E-state index >= 15 is 0 Å². The summed E-state index contributed by atoms with van der Waals surface area (Å²) in [5.41, 5.74) is -0.722. The number of hydrogen-bond donors (Lipinski definition) is 3. The van der Waals surface area contributed by atoms with E-state index in [1.54, 1.807) is 32.9 Å². The van der Waals surface area contributed by atoms with Crippen LogP contribution in [0.15, 0.2) is 35.4 Å². The SMILES string of the molecule is CN(C(=O)OC(C)(C)C)c1cc(Nc2cccn([C@H]3C[C@@H]3F)c2=O)nc2c(C(=O)NC3CCC(O)C3)cnn12. The van der Waals surface area contributed by atoms with E-state index in [1.807, 2.05) is 0 Å². The highest BCUT2D eigenvalue weighted by molar-refractivity contribution is 6.00. The first-order valence-corrected chi connectivity index (χ1v) is 12.9. The first-order chi connectivity index (χ1) is 18.4. The molecule has 4 atom stereocenters. The summed E-state index contributed by atoms with van der Waals surface area (Å²) < 4.78 is 21.8. The molecule has 3 aromatic heterocycles. The normalized spacial score (nSPS) is 22.5. The number of aliphatic hydroxyl groups is 1. The first-order valence-electron chi connectivity index (χ1n) is 12.9. The van der Waals surface area contributed by atoms with E-state index in [-0.39, 0.29) is 41.0 Å². The minimum Gasteiger partial charge on any atom is -0.443 e. The van der Waals surface area contributed by atoms with Crippen molar-refractivity contribution in [3.63, 3.8) is 0 Å². The second-order valence-corrected chi connectivity index (χ2v) is 11.0. The van der Waals surface area contributed by atoms with E-state index in [0.717, 1.165) is 0 Å². The van der Waals surface area contributed by atoms with Gasteiger partial charge in [0.15, 0.2) is 5.65 Å². The molecule has 2 fully saturated rings. The fourth-order valence-electron chi connectivity index (χ4n) is 4.63. The van der Waals surface area contributed by atoms with Gasteiger partial charge in [-0.15, -0.1) is 0 Å². The molecule has 39 heavy (non-hydrogen) atoms. The van der Waals surface area contributed by atoms with Crippen LogP contribution in [0.2, 0.25) is 0 Å². The smallest absolute Gasteiger partial charge is 0.415 e. The topological polar surface area (TPSA) is 143 Å². The first kappa shape index (κ1) is 26.6. The van der Waals surface area contributed by atoms with Gasteiger partial charge in [-0.1, -0.05) is 0 Å². The van der Waals surface area contributed by atoms with Gasteiger partial charge in [-0.05, 0) is 52.2 Å². The molecular formula is C26H32FN7O5. The highest BCUT2D eigenvalue weighted by Crippen LogP contribution is 2.38. The zero-order chi connectivity index (χ0) is 28.1. The monoisotopic (exact) mass is 541 g/mol. The molecular weight excluding hydrogens is 509 g/mol. The van der Waals surface area contributed by atoms with Crippen LogP contribution in [0.1, 0.15) is 62.9 Å². The van der Waals surface area contributed by atoms with Gasteiger partial charge in [0.05, 0.1) is 18.3 Å². The molecule has 0 aromatic carbocycles. The van der Waals surface area contributed by atoms with Gasteiger partial charge in [-0.2, -0.15) is 9.61 Å². The third kappa shape index (κ3) is 5.58. The molecule has 12 nitrogen and oxygen atoms in total. The highest BCUT2D eigenvalue weighted by atomic mass is 19.1. The van der Waals surface area contributed by atoms with Crippen LogP contribution in [0.3, 0.4) is 0 Å². The summed E-state index contributed by atoms with van der Waals surface area (Å²) in [6.07, 6.45) is 2.71. The van der Waals surface area contributed by atoms with E-state index in [2.05, 4.69) is 20.7 Å². The summed E-state index contributed by atoms with van der Waals surface area (Å²) >= 11 is 0. The Morgan fingerprint density at radius 2 is 2.00 bits per heavy atom. The third-order valence-electron chi connectivity index (χ3n) is 6.72. The molecule has 2 aliphatic carbocycles. The predicted octanol–water partition coefficient (Wildman–Crippen LogP) is 2.93. The average Bonchev–Trinajstić information content (AvgIpc) is 3.21. The van der Waals surface area contributed by atoms with Crippen LogP contribution in [-0.2, 0) is 4.74 Å². The number of rotatable bonds is 6. The molecule has 2 saturated carbocycles. The van der Waals surface area contributed by atoms with Crippen molar-refractivity contribution < 1.29 is 23.8 Å². The maximum absolute atomic E-state index is 13.7. The standard InChI is InChI=1S/C26H32FN7O5/c1-26(2,3)39-25(38)32(4)21-12-20(30-18-6-5-9-33(24(18)37)19-11-17(19)27)31-22-16(13-28-34(21)22)23(36)29-14-7-8-15(35)10-14/h5-6,9,12-15,17,19,35H,7-8,10-11H2,1-4H3,(H,29,36)(H,30,31)/t14?,15?,17-,19-/m0/s1. The molecule has 2 unspecified atom stereocenters. The van der Waals surface area contributed by atoms with Crippen LogP contribution in [0.4, 0.5) is 26.5 Å². The number of pyridine rings is 1. The Morgan fingerprint density at radius 3 is 2.64 bits per heavy atom. The van der Waals surface area contributed by atoms with Crippen molar-refractivity contribution in [3.8, 4) is 0 Å². The van der Waals surface area contributed by atoms with E-state index in [0.29, 0.717) is 19.3 Å². The van der Waals surface area contributed by atoms with Crippen LogP contribution in [-0.4, -0.2) is 67.2 Å². The molecule has 0 bridgehead atoms. The number of nitrogens with one attached hydrogen (secondary N) is 2. The Balaban J connectivity index is 1.53. The molecule has 0 spiro atoms. The number of aliphatic hydroxyl groups excluding tert-OH is 1. The summed E-state index contributed by atoms with van der Waals surface area (Å²) in [4.78, 5) is 44.9. The van der Waals surface area contributed by atoms with Gasteiger partial charge < -0.3 is 25.0 Å². The summed E-state index contributed by atoms with van der Waals surface area (Å²) in [6.45, 7) is 5.23. The van der Waals surface area contributed by atoms with Crippen LogP contribution in [0.5, 0.6) is 0 Å².